The molecule has 0 saturated carbocycles. The number of sulfonamides is 1. The highest BCUT2D eigenvalue weighted by Gasteiger charge is 2.29. The monoisotopic (exact) mass is 447 g/mol. The van der Waals surface area contributed by atoms with E-state index in [-0.39, 0.29) is 0 Å². The first-order valence-electron chi connectivity index (χ1n) is 10.7. The second-order valence-electron chi connectivity index (χ2n) is 8.04. The zero-order chi connectivity index (χ0) is 22.1. The van der Waals surface area contributed by atoms with Crippen LogP contribution in [-0.2, 0) is 16.6 Å². The molecule has 164 valence electrons. The minimum atomic E-state index is -3.48. The van der Waals surface area contributed by atoms with E-state index in [1.807, 2.05) is 55.5 Å². The van der Waals surface area contributed by atoms with Crippen LogP contribution in [0.25, 0.3) is 16.9 Å². The molecule has 0 aliphatic carbocycles. The van der Waals surface area contributed by atoms with E-state index in [2.05, 4.69) is 14.5 Å². The van der Waals surface area contributed by atoms with E-state index in [0.29, 0.717) is 37.6 Å². The molecule has 1 aliphatic heterocycles. The summed E-state index contributed by atoms with van der Waals surface area (Å²) >= 11 is 0. The summed E-state index contributed by atoms with van der Waals surface area (Å²) in [5, 5.41) is 0. The Hall–Kier alpha value is -3.07. The molecule has 5 rings (SSSR count). The number of aryl methyl sites for hydroxylation is 1. The number of hydrogen-bond acceptors (Lipinski definition) is 5. The van der Waals surface area contributed by atoms with Gasteiger partial charge in [0.1, 0.15) is 11.3 Å². The van der Waals surface area contributed by atoms with Crippen molar-refractivity contribution >= 4 is 21.2 Å². The molecule has 32 heavy (non-hydrogen) atoms. The van der Waals surface area contributed by atoms with Crippen LogP contribution in [0.1, 0.15) is 11.4 Å². The van der Waals surface area contributed by atoms with Crippen molar-refractivity contribution in [3.8, 4) is 5.69 Å². The van der Waals surface area contributed by atoms with Crippen LogP contribution < -0.4 is 0 Å². The Bertz CT molecular complexity index is 1340. The Morgan fingerprint density at radius 3 is 2.44 bits per heavy atom. The fourth-order valence-corrected chi connectivity index (χ4v) is 5.69. The number of aromatic nitrogens is 3. The number of imidazole rings is 1. The predicted molar refractivity (Wildman–Crippen MR) is 124 cm³/mol. The van der Waals surface area contributed by atoms with E-state index in [1.165, 1.54) is 0 Å². The van der Waals surface area contributed by atoms with E-state index < -0.39 is 10.0 Å². The lowest BCUT2D eigenvalue weighted by Gasteiger charge is -2.33. The number of rotatable bonds is 5. The number of pyridine rings is 1. The van der Waals surface area contributed by atoms with Crippen molar-refractivity contribution in [2.45, 2.75) is 18.4 Å². The smallest absolute Gasteiger partial charge is 0.243 e. The molecule has 0 radical (unpaired) electrons. The van der Waals surface area contributed by atoms with Crippen LogP contribution in [0.2, 0.25) is 0 Å². The van der Waals surface area contributed by atoms with Gasteiger partial charge in [-0.2, -0.15) is 4.31 Å². The van der Waals surface area contributed by atoms with Crippen molar-refractivity contribution in [2.24, 2.45) is 0 Å². The Morgan fingerprint density at radius 2 is 1.69 bits per heavy atom. The van der Waals surface area contributed by atoms with Gasteiger partial charge in [0.2, 0.25) is 10.0 Å². The van der Waals surface area contributed by atoms with Gasteiger partial charge in [-0.05, 0) is 48.9 Å². The summed E-state index contributed by atoms with van der Waals surface area (Å²) in [6, 6.07) is 21.1. The first-order valence-corrected chi connectivity index (χ1v) is 12.1. The number of para-hydroxylation sites is 1. The number of piperazine rings is 1. The zero-order valence-corrected chi connectivity index (χ0v) is 18.7. The Kier molecular flexibility index (Phi) is 5.50. The average Bonchev–Trinajstić information content (AvgIpc) is 3.18. The minimum Gasteiger partial charge on any atom is -0.293 e. The normalized spacial score (nSPS) is 15.9. The van der Waals surface area contributed by atoms with Crippen molar-refractivity contribution < 1.29 is 8.42 Å². The molecule has 1 saturated heterocycles. The van der Waals surface area contributed by atoms with Gasteiger partial charge >= 0.3 is 0 Å². The summed E-state index contributed by atoms with van der Waals surface area (Å²) < 4.78 is 29.8. The third kappa shape index (κ3) is 3.92. The molecule has 0 spiro atoms. The summed E-state index contributed by atoms with van der Waals surface area (Å²) in [5.74, 6) is 0.903. The van der Waals surface area contributed by atoms with E-state index in [9.17, 15) is 8.42 Å². The molecular weight excluding hydrogens is 422 g/mol. The molecule has 3 heterocycles. The topological polar surface area (TPSA) is 71.3 Å². The first kappa shape index (κ1) is 20.8. The van der Waals surface area contributed by atoms with Crippen LogP contribution in [0.4, 0.5) is 0 Å². The molecule has 1 aliphatic rings. The summed E-state index contributed by atoms with van der Waals surface area (Å²) in [5.41, 5.74) is 3.64. The summed E-state index contributed by atoms with van der Waals surface area (Å²) in [6.45, 7) is 4.75. The van der Waals surface area contributed by atoms with Crippen LogP contribution in [0.15, 0.2) is 77.8 Å². The molecule has 0 amide bonds. The lowest BCUT2D eigenvalue weighted by atomic mass is 10.2. The minimum absolute atomic E-state index is 0.364. The maximum atomic E-state index is 13.0. The molecular formula is C24H25N5O2S. The number of fused-ring (bicyclic) bond motifs is 1. The Morgan fingerprint density at radius 1 is 0.906 bits per heavy atom. The lowest BCUT2D eigenvalue weighted by Crippen LogP contribution is -2.48. The van der Waals surface area contributed by atoms with Gasteiger partial charge in [-0.25, -0.2) is 18.4 Å². The quantitative estimate of drug-likeness (QED) is 0.470. The first-order chi connectivity index (χ1) is 15.5. The van der Waals surface area contributed by atoms with Crippen molar-refractivity contribution in [3.63, 3.8) is 0 Å². The summed E-state index contributed by atoms with van der Waals surface area (Å²) in [4.78, 5) is 12.0. The largest absolute Gasteiger partial charge is 0.293 e. The molecule has 0 unspecified atom stereocenters. The molecule has 0 N–H and O–H groups in total. The van der Waals surface area contributed by atoms with Crippen molar-refractivity contribution in [3.05, 3.63) is 84.3 Å². The van der Waals surface area contributed by atoms with Gasteiger partial charge in [0.05, 0.1) is 11.4 Å². The molecule has 0 atom stereocenters. The van der Waals surface area contributed by atoms with Crippen LogP contribution in [0, 0.1) is 6.92 Å². The highest BCUT2D eigenvalue weighted by molar-refractivity contribution is 7.89. The fourth-order valence-electron chi connectivity index (χ4n) is 4.17. The van der Waals surface area contributed by atoms with Crippen molar-refractivity contribution in [2.75, 3.05) is 26.2 Å². The average molecular weight is 448 g/mol. The highest BCUT2D eigenvalue weighted by Crippen LogP contribution is 2.23. The van der Waals surface area contributed by atoms with Crippen LogP contribution >= 0.6 is 0 Å². The standard InChI is InChI=1S/C24H25N5O2S/c1-19-7-5-10-21(17-19)32(30,31)28-15-13-27(14-16-28)18-23-26-22-11-6-12-25-24(22)29(23)20-8-3-2-4-9-20/h2-12,17H,13-16,18H2,1H3. The summed E-state index contributed by atoms with van der Waals surface area (Å²) in [7, 11) is -3.48. The maximum Gasteiger partial charge on any atom is 0.243 e. The van der Waals surface area contributed by atoms with Gasteiger partial charge in [-0.15, -0.1) is 0 Å². The van der Waals surface area contributed by atoms with Crippen LogP contribution in [0.3, 0.4) is 0 Å². The number of nitrogens with zero attached hydrogens (tertiary/aromatic N) is 5. The molecule has 0 bridgehead atoms. The molecule has 7 nitrogen and oxygen atoms in total. The lowest BCUT2D eigenvalue weighted by molar-refractivity contribution is 0.177. The van der Waals surface area contributed by atoms with E-state index in [4.69, 9.17) is 4.98 Å². The Labute approximate surface area is 188 Å². The number of benzene rings is 2. The van der Waals surface area contributed by atoms with E-state index in [0.717, 1.165) is 28.2 Å². The van der Waals surface area contributed by atoms with Gasteiger partial charge in [-0.1, -0.05) is 30.3 Å². The molecule has 4 aromatic rings. The fraction of sp³-hybridized carbons (Fsp3) is 0.250. The molecule has 8 heteroatoms. The highest BCUT2D eigenvalue weighted by atomic mass is 32.2. The van der Waals surface area contributed by atoms with Crippen LogP contribution in [-0.4, -0.2) is 58.3 Å². The molecule has 2 aromatic heterocycles. The molecule has 1 fully saturated rings. The molecule has 2 aromatic carbocycles. The third-order valence-corrected chi connectivity index (χ3v) is 7.72. The summed E-state index contributed by atoms with van der Waals surface area (Å²) in [6.07, 6.45) is 1.78. The predicted octanol–water partition coefficient (Wildman–Crippen LogP) is 3.24. The SMILES string of the molecule is Cc1cccc(S(=O)(=O)N2CCN(Cc3nc4cccnc4n3-c3ccccc3)CC2)c1. The van der Waals surface area contributed by atoms with Crippen LogP contribution in [0.5, 0.6) is 0 Å². The van der Waals surface area contributed by atoms with E-state index in [1.54, 1.807) is 28.7 Å². The third-order valence-electron chi connectivity index (χ3n) is 5.82. The Balaban J connectivity index is 1.36. The zero-order valence-electron chi connectivity index (χ0n) is 17.9. The van der Waals surface area contributed by atoms with Gasteiger partial charge in [0, 0.05) is 38.1 Å². The van der Waals surface area contributed by atoms with Crippen molar-refractivity contribution in [1.82, 2.24) is 23.7 Å². The van der Waals surface area contributed by atoms with Crippen molar-refractivity contribution in [1.29, 1.82) is 0 Å². The van der Waals surface area contributed by atoms with E-state index >= 15 is 0 Å². The second-order valence-corrected chi connectivity index (χ2v) is 9.98. The van der Waals surface area contributed by atoms with Gasteiger partial charge in [0.15, 0.2) is 5.65 Å². The van der Waals surface area contributed by atoms with Gasteiger partial charge < -0.3 is 0 Å². The maximum absolute atomic E-state index is 13.0. The van der Waals surface area contributed by atoms with Gasteiger partial charge in [-0.3, -0.25) is 9.47 Å². The van der Waals surface area contributed by atoms with Gasteiger partial charge in [0.25, 0.3) is 0 Å². The number of hydrogen-bond donors (Lipinski definition) is 0. The second kappa shape index (κ2) is 8.46.